The molecule has 2 aliphatic rings. The molecule has 4 amide bonds. The summed E-state index contributed by atoms with van der Waals surface area (Å²) in [6, 6.07) is 10.5. The van der Waals surface area contributed by atoms with Crippen LogP contribution in [0.4, 0.5) is 20.6 Å². The average Bonchev–Trinajstić information content (AvgIpc) is 3.13. The number of rotatable bonds is 3. The van der Waals surface area contributed by atoms with Crippen LogP contribution in [-0.2, 0) is 4.79 Å². The molecular formula is C21H21FN4O3. The molecule has 2 heterocycles. The summed E-state index contributed by atoms with van der Waals surface area (Å²) >= 11 is 0. The summed E-state index contributed by atoms with van der Waals surface area (Å²) in [5.41, 5.74) is 1.71. The van der Waals surface area contributed by atoms with E-state index in [1.54, 1.807) is 12.1 Å². The Kier molecular flexibility index (Phi) is 4.70. The fourth-order valence-electron chi connectivity index (χ4n) is 3.83. The van der Waals surface area contributed by atoms with Crippen LogP contribution in [0.1, 0.15) is 16.8 Å². The van der Waals surface area contributed by atoms with Crippen LogP contribution in [0.2, 0.25) is 0 Å². The molecule has 4 rings (SSSR count). The van der Waals surface area contributed by atoms with E-state index in [9.17, 15) is 18.8 Å². The van der Waals surface area contributed by atoms with Crippen LogP contribution in [-0.4, -0.2) is 55.5 Å². The third-order valence-electron chi connectivity index (χ3n) is 5.36. The molecule has 0 bridgehead atoms. The standard InChI is InChI=1S/C21H21FN4O3/c1-24(2)15-7-3-13(4-8-15)19(27)25-12-11-17-18(25)20(28)26(21(29)23-17)16-9-5-14(22)6-10-16/h3-10,17-18H,11-12H2,1-2H3,(H,23,29)/t17-,18+/m1/s1. The summed E-state index contributed by atoms with van der Waals surface area (Å²) in [5, 5.41) is 2.80. The molecule has 0 saturated carbocycles. The molecule has 0 aromatic heterocycles. The number of fused-ring (bicyclic) bond motifs is 1. The monoisotopic (exact) mass is 396 g/mol. The first kappa shape index (κ1) is 18.9. The zero-order valence-electron chi connectivity index (χ0n) is 16.1. The highest BCUT2D eigenvalue weighted by atomic mass is 19.1. The molecular weight excluding hydrogens is 375 g/mol. The van der Waals surface area contributed by atoms with Gasteiger partial charge in [0.05, 0.1) is 11.7 Å². The van der Waals surface area contributed by atoms with E-state index >= 15 is 0 Å². The zero-order chi connectivity index (χ0) is 20.7. The first-order valence-electron chi connectivity index (χ1n) is 9.35. The average molecular weight is 396 g/mol. The van der Waals surface area contributed by atoms with Gasteiger partial charge in [0, 0.05) is 31.9 Å². The highest BCUT2D eigenvalue weighted by molar-refractivity contribution is 6.19. The van der Waals surface area contributed by atoms with Crippen LogP contribution < -0.4 is 15.1 Å². The Balaban J connectivity index is 1.60. The molecule has 2 aromatic carbocycles. The number of nitrogens with one attached hydrogen (secondary N) is 1. The Hall–Kier alpha value is -3.42. The smallest absolute Gasteiger partial charge is 0.329 e. The molecule has 2 fully saturated rings. The lowest BCUT2D eigenvalue weighted by Crippen LogP contribution is -2.65. The molecule has 7 nitrogen and oxygen atoms in total. The normalized spacial score (nSPS) is 21.1. The first-order valence-corrected chi connectivity index (χ1v) is 9.35. The molecule has 0 aliphatic carbocycles. The van der Waals surface area contributed by atoms with Crippen LogP contribution in [0.15, 0.2) is 48.5 Å². The maximum absolute atomic E-state index is 13.2. The third-order valence-corrected chi connectivity index (χ3v) is 5.36. The minimum atomic E-state index is -0.793. The molecule has 2 aliphatic heterocycles. The quantitative estimate of drug-likeness (QED) is 0.864. The number of nitrogens with zero attached hydrogens (tertiary/aromatic N) is 3. The highest BCUT2D eigenvalue weighted by Gasteiger charge is 2.50. The van der Waals surface area contributed by atoms with Crippen LogP contribution in [0.3, 0.4) is 0 Å². The summed E-state index contributed by atoms with van der Waals surface area (Å²) in [6.45, 7) is 0.368. The van der Waals surface area contributed by atoms with Crippen molar-refractivity contribution < 1.29 is 18.8 Å². The third kappa shape index (κ3) is 3.30. The van der Waals surface area contributed by atoms with Gasteiger partial charge in [0.2, 0.25) is 0 Å². The molecule has 29 heavy (non-hydrogen) atoms. The number of halogens is 1. The number of likely N-dealkylation sites (tertiary alicyclic amines) is 1. The van der Waals surface area contributed by atoms with Crippen LogP contribution >= 0.6 is 0 Å². The van der Waals surface area contributed by atoms with Crippen molar-refractivity contribution in [1.29, 1.82) is 0 Å². The Morgan fingerprint density at radius 1 is 1.07 bits per heavy atom. The summed E-state index contributed by atoms with van der Waals surface area (Å²) in [5.74, 6) is -1.21. The summed E-state index contributed by atoms with van der Waals surface area (Å²) in [6.07, 6.45) is 0.501. The van der Waals surface area contributed by atoms with E-state index < -0.39 is 29.8 Å². The van der Waals surface area contributed by atoms with Crippen LogP contribution in [0, 0.1) is 5.82 Å². The van der Waals surface area contributed by atoms with E-state index in [2.05, 4.69) is 5.32 Å². The van der Waals surface area contributed by atoms with Crippen molar-refractivity contribution in [2.75, 3.05) is 30.4 Å². The number of amides is 4. The van der Waals surface area contributed by atoms with Crippen molar-refractivity contribution in [3.63, 3.8) is 0 Å². The van der Waals surface area contributed by atoms with E-state index in [0.29, 0.717) is 18.5 Å². The number of anilines is 2. The van der Waals surface area contributed by atoms with Gasteiger partial charge in [-0.1, -0.05) is 0 Å². The molecule has 8 heteroatoms. The van der Waals surface area contributed by atoms with Crippen LogP contribution in [0.25, 0.3) is 0 Å². The van der Waals surface area contributed by atoms with Gasteiger partial charge in [0.25, 0.3) is 11.8 Å². The van der Waals surface area contributed by atoms with Crippen molar-refractivity contribution in [2.24, 2.45) is 0 Å². The van der Waals surface area contributed by atoms with Crippen molar-refractivity contribution in [2.45, 2.75) is 18.5 Å². The molecule has 0 spiro atoms. The topological polar surface area (TPSA) is 73.0 Å². The molecule has 1 N–H and O–H groups in total. The largest absolute Gasteiger partial charge is 0.378 e. The minimum absolute atomic E-state index is 0.258. The van der Waals surface area contributed by atoms with Gasteiger partial charge in [-0.3, -0.25) is 9.59 Å². The zero-order valence-corrected chi connectivity index (χ0v) is 16.1. The number of hydrogen-bond acceptors (Lipinski definition) is 4. The van der Waals surface area contributed by atoms with Crippen LogP contribution in [0.5, 0.6) is 0 Å². The van der Waals surface area contributed by atoms with Gasteiger partial charge in [0.15, 0.2) is 0 Å². The lowest BCUT2D eigenvalue weighted by Gasteiger charge is -2.36. The number of urea groups is 1. The van der Waals surface area contributed by atoms with Gasteiger partial charge >= 0.3 is 6.03 Å². The second kappa shape index (κ2) is 7.20. The number of carbonyl (C=O) groups excluding carboxylic acids is 3. The van der Waals surface area contributed by atoms with Gasteiger partial charge in [-0.15, -0.1) is 0 Å². The second-order valence-corrected chi connectivity index (χ2v) is 7.38. The van der Waals surface area contributed by atoms with E-state index in [0.717, 1.165) is 10.6 Å². The predicted molar refractivity (Wildman–Crippen MR) is 106 cm³/mol. The van der Waals surface area contributed by atoms with Crippen molar-refractivity contribution >= 4 is 29.2 Å². The summed E-state index contributed by atoms with van der Waals surface area (Å²) in [4.78, 5) is 43.1. The Bertz CT molecular complexity index is 959. The lowest BCUT2D eigenvalue weighted by molar-refractivity contribution is -0.122. The number of hydrogen-bond donors (Lipinski definition) is 1. The molecule has 2 saturated heterocycles. The Labute approximate surface area is 167 Å². The van der Waals surface area contributed by atoms with Crippen molar-refractivity contribution in [1.82, 2.24) is 10.2 Å². The SMILES string of the molecule is CN(C)c1ccc(C(=O)N2CC[C@H]3NC(=O)N(c4ccc(F)cc4)C(=O)[C@H]32)cc1. The van der Waals surface area contributed by atoms with Gasteiger partial charge in [-0.2, -0.15) is 0 Å². The molecule has 2 aromatic rings. The van der Waals surface area contributed by atoms with E-state index in [1.165, 1.54) is 29.2 Å². The van der Waals surface area contributed by atoms with Crippen molar-refractivity contribution in [3.8, 4) is 0 Å². The van der Waals surface area contributed by atoms with E-state index in [-0.39, 0.29) is 11.6 Å². The molecule has 150 valence electrons. The number of benzene rings is 2. The maximum Gasteiger partial charge on any atom is 0.329 e. The Morgan fingerprint density at radius 3 is 2.34 bits per heavy atom. The van der Waals surface area contributed by atoms with Gasteiger partial charge in [0.1, 0.15) is 11.9 Å². The summed E-state index contributed by atoms with van der Waals surface area (Å²) < 4.78 is 13.2. The fourth-order valence-corrected chi connectivity index (χ4v) is 3.83. The molecule has 0 radical (unpaired) electrons. The summed E-state index contributed by atoms with van der Waals surface area (Å²) in [7, 11) is 3.82. The van der Waals surface area contributed by atoms with E-state index in [4.69, 9.17) is 0 Å². The lowest BCUT2D eigenvalue weighted by atomic mass is 10.0. The number of carbonyl (C=O) groups is 3. The van der Waals surface area contributed by atoms with Gasteiger partial charge in [-0.25, -0.2) is 14.1 Å². The number of imide groups is 1. The van der Waals surface area contributed by atoms with Gasteiger partial charge in [-0.05, 0) is 55.0 Å². The highest BCUT2D eigenvalue weighted by Crippen LogP contribution is 2.29. The van der Waals surface area contributed by atoms with Crippen molar-refractivity contribution in [3.05, 3.63) is 59.9 Å². The predicted octanol–water partition coefficient (Wildman–Crippen LogP) is 2.23. The Morgan fingerprint density at radius 2 is 1.72 bits per heavy atom. The second-order valence-electron chi connectivity index (χ2n) is 7.38. The first-order chi connectivity index (χ1) is 13.9. The molecule has 2 atom stereocenters. The van der Waals surface area contributed by atoms with E-state index in [1.807, 2.05) is 31.1 Å². The fraction of sp³-hybridized carbons (Fsp3) is 0.286. The minimum Gasteiger partial charge on any atom is -0.378 e. The van der Waals surface area contributed by atoms with Gasteiger partial charge < -0.3 is 15.1 Å². The molecule has 0 unspecified atom stereocenters. The maximum atomic E-state index is 13.2.